The highest BCUT2D eigenvalue weighted by Crippen LogP contribution is 2.38. The van der Waals surface area contributed by atoms with Crippen LogP contribution >= 0.6 is 23.2 Å². The predicted octanol–water partition coefficient (Wildman–Crippen LogP) is 4.77. The Morgan fingerprint density at radius 2 is 1.61 bits per heavy atom. The summed E-state index contributed by atoms with van der Waals surface area (Å²) < 4.78 is 0. The van der Waals surface area contributed by atoms with E-state index in [1.54, 1.807) is 6.20 Å². The maximum atomic E-state index is 6.17. The summed E-state index contributed by atoms with van der Waals surface area (Å²) in [6, 6.07) is 14.1. The molecule has 0 N–H and O–H groups in total. The fourth-order valence-electron chi connectivity index (χ4n) is 2.18. The van der Waals surface area contributed by atoms with E-state index in [1.807, 2.05) is 30.5 Å². The molecular weight excluding hydrogens is 265 g/mol. The van der Waals surface area contributed by atoms with Crippen molar-refractivity contribution in [1.82, 2.24) is 4.98 Å². The summed E-state index contributed by atoms with van der Waals surface area (Å²) in [7, 11) is 0. The average molecular weight is 280 g/mol. The second-order valence-corrected chi connectivity index (χ2v) is 5.51. The predicted molar refractivity (Wildman–Crippen MR) is 77.3 cm³/mol. The molecule has 0 fully saturated rings. The van der Waals surface area contributed by atoms with Crippen LogP contribution in [0, 0.1) is 0 Å². The molecule has 0 spiro atoms. The van der Waals surface area contributed by atoms with E-state index >= 15 is 0 Å². The molecule has 2 rings (SSSR count). The minimum absolute atomic E-state index is 0.0683. The molecule has 2 aromatic rings. The third-order valence-corrected chi connectivity index (χ3v) is 3.75. The molecule has 94 valence electrons. The van der Waals surface area contributed by atoms with Crippen molar-refractivity contribution in [2.45, 2.75) is 23.6 Å². The Balaban J connectivity index is 2.32. The standard InChI is InChI=1S/C15H15Cl2N/c1-11(13-8-5-9-18-10-13)14(15(16)17)12-6-3-2-4-7-12/h2-11,14-15H,1H3. The largest absolute Gasteiger partial charge is 0.264 e. The Morgan fingerprint density at radius 3 is 2.17 bits per heavy atom. The van der Waals surface area contributed by atoms with E-state index in [-0.39, 0.29) is 11.8 Å². The lowest BCUT2D eigenvalue weighted by Crippen LogP contribution is -2.15. The molecule has 0 saturated carbocycles. The summed E-state index contributed by atoms with van der Waals surface area (Å²) in [6.07, 6.45) is 3.64. The molecule has 0 saturated heterocycles. The van der Waals surface area contributed by atoms with E-state index in [4.69, 9.17) is 23.2 Å². The van der Waals surface area contributed by atoms with Gasteiger partial charge in [0.05, 0.1) is 0 Å². The summed E-state index contributed by atoms with van der Waals surface area (Å²) in [5, 5.41) is 0. The minimum Gasteiger partial charge on any atom is -0.264 e. The lowest BCUT2D eigenvalue weighted by atomic mass is 9.84. The number of hydrogen-bond acceptors (Lipinski definition) is 1. The molecule has 0 amide bonds. The summed E-state index contributed by atoms with van der Waals surface area (Å²) in [5.74, 6) is 0.292. The Hall–Kier alpha value is -1.05. The first-order valence-corrected chi connectivity index (χ1v) is 6.80. The number of aromatic nitrogens is 1. The Labute approximate surface area is 118 Å². The number of pyridine rings is 1. The van der Waals surface area contributed by atoms with Gasteiger partial charge < -0.3 is 0 Å². The maximum Gasteiger partial charge on any atom is 0.115 e. The average Bonchev–Trinajstić information content (AvgIpc) is 2.40. The van der Waals surface area contributed by atoms with Gasteiger partial charge in [-0.05, 0) is 23.1 Å². The zero-order valence-electron chi connectivity index (χ0n) is 10.1. The first kappa shape index (κ1) is 13.4. The van der Waals surface area contributed by atoms with Crippen LogP contribution in [0.2, 0.25) is 0 Å². The lowest BCUT2D eigenvalue weighted by molar-refractivity contribution is 0.606. The van der Waals surface area contributed by atoms with Crippen molar-refractivity contribution in [3.8, 4) is 0 Å². The number of alkyl halides is 2. The highest BCUT2D eigenvalue weighted by Gasteiger charge is 2.26. The van der Waals surface area contributed by atoms with Crippen molar-refractivity contribution in [3.63, 3.8) is 0 Å². The Morgan fingerprint density at radius 1 is 0.944 bits per heavy atom. The fourth-order valence-corrected chi connectivity index (χ4v) is 2.91. The molecule has 18 heavy (non-hydrogen) atoms. The Kier molecular flexibility index (Phi) is 4.62. The van der Waals surface area contributed by atoms with Gasteiger partial charge in [0.1, 0.15) is 4.84 Å². The summed E-state index contributed by atoms with van der Waals surface area (Å²) in [4.78, 5) is 3.71. The highest BCUT2D eigenvalue weighted by atomic mass is 35.5. The SMILES string of the molecule is CC(c1cccnc1)C(c1ccccc1)C(Cl)Cl. The van der Waals surface area contributed by atoms with Gasteiger partial charge in [0, 0.05) is 18.3 Å². The molecule has 1 nitrogen and oxygen atoms in total. The number of halogens is 2. The Bertz CT molecular complexity index is 470. The van der Waals surface area contributed by atoms with Gasteiger partial charge in [-0.2, -0.15) is 0 Å². The van der Waals surface area contributed by atoms with E-state index < -0.39 is 4.84 Å². The van der Waals surface area contributed by atoms with Crippen molar-refractivity contribution in [2.24, 2.45) is 0 Å². The highest BCUT2D eigenvalue weighted by molar-refractivity contribution is 6.44. The lowest BCUT2D eigenvalue weighted by Gasteiger charge is -2.25. The molecular formula is C15H15Cl2N. The van der Waals surface area contributed by atoms with Crippen LogP contribution in [-0.2, 0) is 0 Å². The normalized spacial score (nSPS) is 14.4. The van der Waals surface area contributed by atoms with Gasteiger partial charge in [-0.3, -0.25) is 4.98 Å². The fraction of sp³-hybridized carbons (Fsp3) is 0.267. The summed E-state index contributed by atoms with van der Waals surface area (Å²) in [6.45, 7) is 2.13. The zero-order chi connectivity index (χ0) is 13.0. The van der Waals surface area contributed by atoms with Gasteiger partial charge in [-0.1, -0.05) is 43.3 Å². The van der Waals surface area contributed by atoms with Crippen molar-refractivity contribution in [3.05, 3.63) is 66.0 Å². The second-order valence-electron chi connectivity index (χ2n) is 4.35. The second kappa shape index (κ2) is 6.21. The summed E-state index contributed by atoms with van der Waals surface area (Å²) >= 11 is 12.3. The smallest absolute Gasteiger partial charge is 0.115 e. The molecule has 0 aliphatic rings. The number of rotatable bonds is 4. The van der Waals surface area contributed by atoms with Gasteiger partial charge in [0.25, 0.3) is 0 Å². The third-order valence-electron chi connectivity index (χ3n) is 3.20. The van der Waals surface area contributed by atoms with Crippen LogP contribution in [0.15, 0.2) is 54.9 Å². The number of benzene rings is 1. The van der Waals surface area contributed by atoms with E-state index in [9.17, 15) is 0 Å². The molecule has 3 heteroatoms. The molecule has 1 heterocycles. The van der Waals surface area contributed by atoms with Crippen molar-refractivity contribution in [1.29, 1.82) is 0 Å². The molecule has 1 aromatic heterocycles. The molecule has 2 atom stereocenters. The molecule has 0 radical (unpaired) electrons. The van der Waals surface area contributed by atoms with Crippen LogP contribution in [-0.4, -0.2) is 9.82 Å². The van der Waals surface area contributed by atoms with E-state index in [0.717, 1.165) is 11.1 Å². The monoisotopic (exact) mass is 279 g/mol. The van der Waals surface area contributed by atoms with Crippen LogP contribution < -0.4 is 0 Å². The van der Waals surface area contributed by atoms with Gasteiger partial charge >= 0.3 is 0 Å². The molecule has 2 unspecified atom stereocenters. The van der Waals surface area contributed by atoms with Gasteiger partial charge in [0.2, 0.25) is 0 Å². The van der Waals surface area contributed by atoms with Crippen LogP contribution in [0.25, 0.3) is 0 Å². The number of nitrogens with zero attached hydrogens (tertiary/aromatic N) is 1. The molecule has 0 aliphatic carbocycles. The van der Waals surface area contributed by atoms with E-state index in [2.05, 4.69) is 30.1 Å². The van der Waals surface area contributed by atoms with Gasteiger partial charge in [0.15, 0.2) is 0 Å². The van der Waals surface area contributed by atoms with Crippen molar-refractivity contribution < 1.29 is 0 Å². The quantitative estimate of drug-likeness (QED) is 0.735. The third kappa shape index (κ3) is 3.04. The number of hydrogen-bond donors (Lipinski definition) is 0. The maximum absolute atomic E-state index is 6.17. The molecule has 1 aromatic carbocycles. The van der Waals surface area contributed by atoms with Crippen LogP contribution in [0.5, 0.6) is 0 Å². The summed E-state index contributed by atoms with van der Waals surface area (Å²) in [5.41, 5.74) is 2.31. The molecule has 0 bridgehead atoms. The van der Waals surface area contributed by atoms with Crippen LogP contribution in [0.1, 0.15) is 29.9 Å². The van der Waals surface area contributed by atoms with Gasteiger partial charge in [-0.15, -0.1) is 23.2 Å². The van der Waals surface area contributed by atoms with E-state index in [1.165, 1.54) is 0 Å². The zero-order valence-corrected chi connectivity index (χ0v) is 11.6. The van der Waals surface area contributed by atoms with E-state index in [0.29, 0.717) is 0 Å². The first-order valence-electron chi connectivity index (χ1n) is 5.93. The first-order chi connectivity index (χ1) is 8.70. The topological polar surface area (TPSA) is 12.9 Å². The van der Waals surface area contributed by atoms with Crippen molar-refractivity contribution >= 4 is 23.2 Å². The van der Waals surface area contributed by atoms with Crippen LogP contribution in [0.3, 0.4) is 0 Å². The van der Waals surface area contributed by atoms with Crippen LogP contribution in [0.4, 0.5) is 0 Å². The molecule has 0 aliphatic heterocycles. The van der Waals surface area contributed by atoms with Crippen molar-refractivity contribution in [2.75, 3.05) is 0 Å². The van der Waals surface area contributed by atoms with Gasteiger partial charge in [-0.25, -0.2) is 0 Å². The minimum atomic E-state index is -0.442.